The van der Waals surface area contributed by atoms with Crippen molar-refractivity contribution in [3.8, 4) is 11.5 Å². The highest BCUT2D eigenvalue weighted by molar-refractivity contribution is 9.10. The van der Waals surface area contributed by atoms with Crippen LogP contribution >= 0.6 is 15.9 Å². The lowest BCUT2D eigenvalue weighted by molar-refractivity contribution is 0.102. The van der Waals surface area contributed by atoms with Crippen molar-refractivity contribution in [1.82, 2.24) is 0 Å². The molecule has 0 aliphatic rings. The van der Waals surface area contributed by atoms with Crippen LogP contribution in [0.4, 0.5) is 10.1 Å². The van der Waals surface area contributed by atoms with Crippen LogP contribution in [-0.4, -0.2) is 19.6 Å². The number of carbonyl (C=O) groups is 1. The number of ether oxygens (including phenoxy) is 2. The normalized spacial score (nSPS) is 10.3. The van der Waals surface area contributed by atoms with Crippen LogP contribution in [0.15, 0.2) is 34.8 Å². The van der Waals surface area contributed by atoms with Crippen molar-refractivity contribution in [3.05, 3.63) is 51.7 Å². The van der Waals surface area contributed by atoms with Crippen molar-refractivity contribution in [2.75, 3.05) is 19.0 Å². The lowest BCUT2D eigenvalue weighted by Gasteiger charge is -2.14. The molecule has 0 saturated heterocycles. The Labute approximate surface area is 142 Å². The third-order valence-electron chi connectivity index (χ3n) is 3.22. The molecular formula is C17H17BrFNO3. The fourth-order valence-electron chi connectivity index (χ4n) is 2.10. The van der Waals surface area contributed by atoms with E-state index in [1.54, 1.807) is 19.1 Å². The first-order valence-electron chi connectivity index (χ1n) is 7.04. The van der Waals surface area contributed by atoms with E-state index in [1.165, 1.54) is 25.3 Å². The van der Waals surface area contributed by atoms with Crippen LogP contribution in [0.25, 0.3) is 0 Å². The molecule has 4 nitrogen and oxygen atoms in total. The summed E-state index contributed by atoms with van der Waals surface area (Å²) in [5.74, 6) is 0.347. The zero-order chi connectivity index (χ0) is 17.0. The van der Waals surface area contributed by atoms with Gasteiger partial charge in [0.15, 0.2) is 11.5 Å². The number of methoxy groups -OCH3 is 1. The summed E-state index contributed by atoms with van der Waals surface area (Å²) in [4.78, 5) is 12.4. The number of benzene rings is 2. The maximum absolute atomic E-state index is 13.1. The van der Waals surface area contributed by atoms with E-state index in [-0.39, 0.29) is 11.7 Å². The Morgan fingerprint density at radius 3 is 2.65 bits per heavy atom. The van der Waals surface area contributed by atoms with E-state index in [2.05, 4.69) is 21.2 Å². The molecule has 1 N–H and O–H groups in total. The van der Waals surface area contributed by atoms with Crippen LogP contribution < -0.4 is 14.8 Å². The van der Waals surface area contributed by atoms with E-state index in [0.29, 0.717) is 39.4 Å². The smallest absolute Gasteiger partial charge is 0.255 e. The molecule has 6 heteroatoms. The van der Waals surface area contributed by atoms with Crippen LogP contribution in [0.1, 0.15) is 22.8 Å². The summed E-state index contributed by atoms with van der Waals surface area (Å²) in [5.41, 5.74) is 1.61. The fraction of sp³-hybridized carbons (Fsp3) is 0.235. The first kappa shape index (κ1) is 17.3. The Bertz CT molecular complexity index is 734. The predicted molar refractivity (Wildman–Crippen MR) is 91.0 cm³/mol. The number of amides is 1. The van der Waals surface area contributed by atoms with Crippen LogP contribution in [-0.2, 0) is 0 Å². The van der Waals surface area contributed by atoms with Gasteiger partial charge < -0.3 is 14.8 Å². The Morgan fingerprint density at radius 1 is 1.30 bits per heavy atom. The molecule has 0 saturated carbocycles. The molecule has 0 unspecified atom stereocenters. The van der Waals surface area contributed by atoms with E-state index >= 15 is 0 Å². The number of halogens is 2. The first-order valence-corrected chi connectivity index (χ1v) is 7.83. The fourth-order valence-corrected chi connectivity index (χ4v) is 2.65. The molecule has 0 aliphatic carbocycles. The van der Waals surface area contributed by atoms with Gasteiger partial charge in [-0.2, -0.15) is 0 Å². The first-order chi connectivity index (χ1) is 11.0. The molecule has 0 atom stereocenters. The highest BCUT2D eigenvalue weighted by atomic mass is 79.9. The zero-order valence-corrected chi connectivity index (χ0v) is 14.7. The quantitative estimate of drug-likeness (QED) is 0.825. The summed E-state index contributed by atoms with van der Waals surface area (Å²) in [6, 6.07) is 7.46. The molecule has 2 rings (SSSR count). The van der Waals surface area contributed by atoms with Crippen molar-refractivity contribution >= 4 is 27.5 Å². The summed E-state index contributed by atoms with van der Waals surface area (Å²) >= 11 is 3.38. The molecule has 2 aromatic carbocycles. The van der Waals surface area contributed by atoms with Gasteiger partial charge in [-0.25, -0.2) is 4.39 Å². The van der Waals surface area contributed by atoms with E-state index in [4.69, 9.17) is 9.47 Å². The molecule has 2 aromatic rings. The van der Waals surface area contributed by atoms with Gasteiger partial charge in [0.1, 0.15) is 5.82 Å². The molecular weight excluding hydrogens is 365 g/mol. The van der Waals surface area contributed by atoms with E-state index in [9.17, 15) is 9.18 Å². The Balaban J connectivity index is 2.30. The van der Waals surface area contributed by atoms with E-state index in [0.717, 1.165) is 0 Å². The topological polar surface area (TPSA) is 47.6 Å². The second-order valence-corrected chi connectivity index (χ2v) is 5.69. The summed E-state index contributed by atoms with van der Waals surface area (Å²) in [5, 5.41) is 2.76. The summed E-state index contributed by atoms with van der Waals surface area (Å²) in [7, 11) is 1.51. The molecule has 0 fully saturated rings. The third-order valence-corrected chi connectivity index (χ3v) is 3.81. The number of hydrogen-bond acceptors (Lipinski definition) is 3. The lowest BCUT2D eigenvalue weighted by atomic mass is 10.1. The van der Waals surface area contributed by atoms with Crippen molar-refractivity contribution in [2.24, 2.45) is 0 Å². The minimum Gasteiger partial charge on any atom is -0.493 e. The molecule has 0 spiro atoms. The van der Waals surface area contributed by atoms with E-state index in [1.807, 2.05) is 6.92 Å². The van der Waals surface area contributed by atoms with Crippen molar-refractivity contribution < 1.29 is 18.7 Å². The highest BCUT2D eigenvalue weighted by Gasteiger charge is 2.16. The summed E-state index contributed by atoms with van der Waals surface area (Å²) in [6.45, 7) is 4.08. The monoisotopic (exact) mass is 381 g/mol. The average Bonchev–Trinajstić information content (AvgIpc) is 2.51. The molecule has 0 bridgehead atoms. The minimum atomic E-state index is -0.342. The van der Waals surface area contributed by atoms with Gasteiger partial charge >= 0.3 is 0 Å². The van der Waals surface area contributed by atoms with Crippen LogP contribution in [0.2, 0.25) is 0 Å². The van der Waals surface area contributed by atoms with Gasteiger partial charge in [-0.05, 0) is 65.7 Å². The van der Waals surface area contributed by atoms with Crippen molar-refractivity contribution in [1.29, 1.82) is 0 Å². The Hall–Kier alpha value is -2.08. The maximum Gasteiger partial charge on any atom is 0.255 e. The molecule has 122 valence electrons. The molecule has 23 heavy (non-hydrogen) atoms. The summed E-state index contributed by atoms with van der Waals surface area (Å²) < 4.78 is 24.5. The number of rotatable bonds is 5. The largest absolute Gasteiger partial charge is 0.493 e. The standard InChI is InChI=1S/C17H17BrFNO3/c1-4-23-16-13(18)8-11(9-15(16)22-3)17(21)20-14-6-5-12(19)7-10(14)2/h5-9H,4H2,1-3H3,(H,20,21). The molecule has 0 aromatic heterocycles. The molecule has 0 aliphatic heterocycles. The van der Waals surface area contributed by atoms with Gasteiger partial charge in [0.05, 0.1) is 18.2 Å². The third kappa shape index (κ3) is 4.01. The molecule has 0 radical (unpaired) electrons. The Morgan fingerprint density at radius 2 is 2.04 bits per heavy atom. The number of anilines is 1. The maximum atomic E-state index is 13.1. The van der Waals surface area contributed by atoms with E-state index < -0.39 is 0 Å². The van der Waals surface area contributed by atoms with Crippen LogP contribution in [0.5, 0.6) is 11.5 Å². The highest BCUT2D eigenvalue weighted by Crippen LogP contribution is 2.36. The predicted octanol–water partition coefficient (Wildman–Crippen LogP) is 4.56. The SMILES string of the molecule is CCOc1c(Br)cc(C(=O)Nc2ccc(F)cc2C)cc1OC. The van der Waals surface area contributed by atoms with Crippen LogP contribution in [0.3, 0.4) is 0 Å². The van der Waals surface area contributed by atoms with Gasteiger partial charge in [-0.15, -0.1) is 0 Å². The summed E-state index contributed by atoms with van der Waals surface area (Å²) in [6.07, 6.45) is 0. The van der Waals surface area contributed by atoms with Gasteiger partial charge in [0.2, 0.25) is 0 Å². The lowest BCUT2D eigenvalue weighted by Crippen LogP contribution is -2.13. The van der Waals surface area contributed by atoms with Crippen molar-refractivity contribution in [3.63, 3.8) is 0 Å². The Kier molecular flexibility index (Phi) is 5.60. The van der Waals surface area contributed by atoms with Crippen LogP contribution in [0, 0.1) is 12.7 Å². The number of carbonyl (C=O) groups excluding carboxylic acids is 1. The average molecular weight is 382 g/mol. The second-order valence-electron chi connectivity index (χ2n) is 4.84. The van der Waals surface area contributed by atoms with Gasteiger partial charge in [0.25, 0.3) is 5.91 Å². The molecule has 1 amide bonds. The number of aryl methyl sites for hydroxylation is 1. The van der Waals surface area contributed by atoms with Gasteiger partial charge in [-0.1, -0.05) is 0 Å². The number of hydrogen-bond donors (Lipinski definition) is 1. The van der Waals surface area contributed by atoms with Gasteiger partial charge in [-0.3, -0.25) is 4.79 Å². The van der Waals surface area contributed by atoms with Gasteiger partial charge in [0, 0.05) is 11.3 Å². The molecule has 0 heterocycles. The zero-order valence-electron chi connectivity index (χ0n) is 13.1. The number of nitrogens with one attached hydrogen (secondary N) is 1. The van der Waals surface area contributed by atoms with Crippen molar-refractivity contribution in [2.45, 2.75) is 13.8 Å². The second kappa shape index (κ2) is 7.46. The minimum absolute atomic E-state index is 0.318.